The average molecular weight is 383 g/mol. The molecule has 0 aromatic heterocycles. The number of hydrogen-bond acceptors (Lipinski definition) is 2. The van der Waals surface area contributed by atoms with Crippen molar-refractivity contribution in [2.45, 2.75) is 18.7 Å². The zero-order valence-electron chi connectivity index (χ0n) is 8.59. The van der Waals surface area contributed by atoms with Crippen LogP contribution in [-0.2, 0) is 4.79 Å². The summed E-state index contributed by atoms with van der Waals surface area (Å²) in [6, 6.07) is 5.80. The van der Waals surface area contributed by atoms with Gasteiger partial charge in [0.15, 0.2) is 0 Å². The van der Waals surface area contributed by atoms with E-state index < -0.39 is 0 Å². The summed E-state index contributed by atoms with van der Waals surface area (Å²) >= 11 is 5.57. The molecule has 0 amide bonds. The number of hydrogen-bond donors (Lipinski definition) is 0. The highest BCUT2D eigenvalue weighted by Gasteiger charge is 2.14. The molecule has 82 valence electrons. The normalized spacial score (nSPS) is 12.3. The van der Waals surface area contributed by atoms with Crippen LogP contribution in [0.25, 0.3) is 0 Å². The lowest BCUT2D eigenvalue weighted by atomic mass is 10.1. The van der Waals surface area contributed by atoms with Crippen LogP contribution >= 0.6 is 38.5 Å². The van der Waals surface area contributed by atoms with Crippen molar-refractivity contribution in [3.63, 3.8) is 0 Å². The maximum atomic E-state index is 11.2. The molecule has 15 heavy (non-hydrogen) atoms. The van der Waals surface area contributed by atoms with Gasteiger partial charge >= 0.3 is 0 Å². The van der Waals surface area contributed by atoms with E-state index in [0.29, 0.717) is 6.61 Å². The fraction of sp³-hybridized carbons (Fsp3) is 0.364. The van der Waals surface area contributed by atoms with Crippen LogP contribution in [-0.4, -0.2) is 12.4 Å². The summed E-state index contributed by atoms with van der Waals surface area (Å²) in [5, 5.41) is 0. The molecule has 1 unspecified atom stereocenters. The second-order valence-electron chi connectivity index (χ2n) is 3.10. The molecule has 1 atom stereocenters. The molecular formula is C11H12BrIO2. The summed E-state index contributed by atoms with van der Waals surface area (Å²) in [5.41, 5.74) is 0.936. The Morgan fingerprint density at radius 1 is 1.60 bits per heavy atom. The number of Topliss-reactive ketones (excluding diaryl/α,β-unsaturated/α-hetero) is 1. The lowest BCUT2D eigenvalue weighted by Gasteiger charge is -2.10. The molecule has 2 nitrogen and oxygen atoms in total. The first-order valence-electron chi connectivity index (χ1n) is 4.63. The highest BCUT2D eigenvalue weighted by molar-refractivity contribution is 14.1. The Morgan fingerprint density at radius 3 is 2.80 bits per heavy atom. The van der Waals surface area contributed by atoms with E-state index in [0.717, 1.165) is 14.9 Å². The molecule has 0 saturated heterocycles. The van der Waals surface area contributed by atoms with Gasteiger partial charge in [-0.15, -0.1) is 0 Å². The van der Waals surface area contributed by atoms with E-state index in [4.69, 9.17) is 4.74 Å². The van der Waals surface area contributed by atoms with E-state index in [1.807, 2.05) is 25.1 Å². The first kappa shape index (κ1) is 13.0. The zero-order chi connectivity index (χ0) is 11.4. The number of carbonyl (C=O) groups excluding carboxylic acids is 1. The lowest BCUT2D eigenvalue weighted by Crippen LogP contribution is -2.02. The van der Waals surface area contributed by atoms with Crippen molar-refractivity contribution in [1.82, 2.24) is 0 Å². The molecule has 0 aliphatic rings. The van der Waals surface area contributed by atoms with E-state index in [9.17, 15) is 4.79 Å². The van der Waals surface area contributed by atoms with E-state index in [-0.39, 0.29) is 10.6 Å². The topological polar surface area (TPSA) is 26.3 Å². The smallest absolute Gasteiger partial charge is 0.147 e. The molecular weight excluding hydrogens is 371 g/mol. The standard InChI is InChI=1S/C11H12BrIO2/c1-3-15-10-6-8(4-5-9(10)13)11(12)7(2)14/h4-6,11H,3H2,1-2H3. The van der Waals surface area contributed by atoms with Gasteiger partial charge in [-0.1, -0.05) is 22.0 Å². The average Bonchev–Trinajstić information content (AvgIpc) is 2.20. The molecule has 1 aromatic carbocycles. The van der Waals surface area contributed by atoms with Crippen LogP contribution in [0.2, 0.25) is 0 Å². The third-order valence-corrected chi connectivity index (χ3v) is 3.97. The van der Waals surface area contributed by atoms with E-state index in [1.54, 1.807) is 6.92 Å². The van der Waals surface area contributed by atoms with E-state index >= 15 is 0 Å². The monoisotopic (exact) mass is 382 g/mol. The lowest BCUT2D eigenvalue weighted by molar-refractivity contribution is -0.116. The van der Waals surface area contributed by atoms with Gasteiger partial charge in [-0.2, -0.15) is 0 Å². The van der Waals surface area contributed by atoms with Crippen molar-refractivity contribution in [2.75, 3.05) is 6.61 Å². The first-order chi connectivity index (χ1) is 7.06. The molecule has 0 aliphatic carbocycles. The predicted molar refractivity (Wildman–Crippen MR) is 72.7 cm³/mol. The van der Waals surface area contributed by atoms with Crippen LogP contribution in [0.4, 0.5) is 0 Å². The maximum absolute atomic E-state index is 11.2. The summed E-state index contributed by atoms with van der Waals surface area (Å²) in [5.74, 6) is 0.931. The van der Waals surface area contributed by atoms with Crippen molar-refractivity contribution in [2.24, 2.45) is 0 Å². The molecule has 0 radical (unpaired) electrons. The van der Waals surface area contributed by atoms with Crippen LogP contribution in [0.5, 0.6) is 5.75 Å². The second-order valence-corrected chi connectivity index (χ2v) is 5.17. The van der Waals surface area contributed by atoms with Gasteiger partial charge in [0, 0.05) is 0 Å². The molecule has 1 rings (SSSR count). The summed E-state index contributed by atoms with van der Waals surface area (Å²) in [6.45, 7) is 4.14. The van der Waals surface area contributed by atoms with Gasteiger partial charge in [-0.3, -0.25) is 4.79 Å². The van der Waals surface area contributed by atoms with Crippen molar-refractivity contribution in [3.8, 4) is 5.75 Å². The minimum atomic E-state index is -0.242. The molecule has 1 aromatic rings. The number of halogens is 2. The molecule has 0 spiro atoms. The summed E-state index contributed by atoms with van der Waals surface area (Å²) < 4.78 is 6.52. The molecule has 4 heteroatoms. The fourth-order valence-corrected chi connectivity index (χ4v) is 1.95. The zero-order valence-corrected chi connectivity index (χ0v) is 12.3. The number of benzene rings is 1. The molecule has 0 N–H and O–H groups in total. The predicted octanol–water partition coefficient (Wildman–Crippen LogP) is 3.71. The summed E-state index contributed by atoms with van der Waals surface area (Å²) in [7, 11) is 0. The van der Waals surface area contributed by atoms with Crippen LogP contribution in [0.3, 0.4) is 0 Å². The Hall–Kier alpha value is -0.100. The van der Waals surface area contributed by atoms with Gasteiger partial charge in [-0.25, -0.2) is 0 Å². The van der Waals surface area contributed by atoms with Crippen LogP contribution in [0.15, 0.2) is 18.2 Å². The Bertz CT molecular complexity index is 366. The highest BCUT2D eigenvalue weighted by atomic mass is 127. The molecule has 0 fully saturated rings. The van der Waals surface area contributed by atoms with Crippen LogP contribution < -0.4 is 4.74 Å². The van der Waals surface area contributed by atoms with Gasteiger partial charge in [0.1, 0.15) is 11.5 Å². The van der Waals surface area contributed by atoms with Crippen LogP contribution in [0.1, 0.15) is 24.2 Å². The SMILES string of the molecule is CCOc1cc(C(Br)C(C)=O)ccc1I. The van der Waals surface area contributed by atoms with Crippen molar-refractivity contribution in [3.05, 3.63) is 27.3 Å². The second kappa shape index (κ2) is 5.84. The maximum Gasteiger partial charge on any atom is 0.147 e. The van der Waals surface area contributed by atoms with E-state index in [2.05, 4.69) is 38.5 Å². The van der Waals surface area contributed by atoms with E-state index in [1.165, 1.54) is 0 Å². The Balaban J connectivity index is 3.01. The molecule has 0 bridgehead atoms. The van der Waals surface area contributed by atoms with Crippen molar-refractivity contribution >= 4 is 44.3 Å². The Morgan fingerprint density at radius 2 is 2.27 bits per heavy atom. The third kappa shape index (κ3) is 3.45. The number of ketones is 1. The van der Waals surface area contributed by atoms with Crippen LogP contribution in [0, 0.1) is 3.57 Å². The van der Waals surface area contributed by atoms with Crippen molar-refractivity contribution in [1.29, 1.82) is 0 Å². The largest absolute Gasteiger partial charge is 0.493 e. The summed E-state index contributed by atoms with van der Waals surface area (Å²) in [4.78, 5) is 11.0. The minimum absolute atomic E-state index is 0.0960. The minimum Gasteiger partial charge on any atom is -0.493 e. The molecule has 0 saturated carbocycles. The fourth-order valence-electron chi connectivity index (χ4n) is 1.18. The van der Waals surface area contributed by atoms with Gasteiger partial charge in [0.2, 0.25) is 0 Å². The van der Waals surface area contributed by atoms with Crippen molar-refractivity contribution < 1.29 is 9.53 Å². The van der Waals surface area contributed by atoms with Gasteiger partial charge in [0.25, 0.3) is 0 Å². The number of rotatable bonds is 4. The number of carbonyl (C=O) groups is 1. The van der Waals surface area contributed by atoms with Gasteiger partial charge in [0.05, 0.1) is 15.0 Å². The highest BCUT2D eigenvalue weighted by Crippen LogP contribution is 2.29. The third-order valence-electron chi connectivity index (χ3n) is 1.90. The Labute approximate surface area is 112 Å². The quantitative estimate of drug-likeness (QED) is 0.586. The molecule has 0 aliphatic heterocycles. The number of alkyl halides is 1. The summed E-state index contributed by atoms with van der Waals surface area (Å²) in [6.07, 6.45) is 0. The first-order valence-corrected chi connectivity index (χ1v) is 6.62. The Kier molecular flexibility index (Phi) is 5.05. The molecule has 0 heterocycles. The van der Waals surface area contributed by atoms with Gasteiger partial charge in [-0.05, 0) is 54.1 Å². The number of ether oxygens (including phenoxy) is 1. The van der Waals surface area contributed by atoms with Gasteiger partial charge < -0.3 is 4.74 Å².